The minimum atomic E-state index is 0.372. The first-order valence-corrected chi connectivity index (χ1v) is 4.55. The molecule has 11 heavy (non-hydrogen) atoms. The second-order valence-electron chi connectivity index (χ2n) is 2.69. The van der Waals surface area contributed by atoms with Crippen LogP contribution in [0.5, 0.6) is 0 Å². The normalized spacial score (nSPS) is 11.0. The van der Waals surface area contributed by atoms with Crippen LogP contribution in [0.15, 0.2) is 4.73 Å². The molecule has 0 aromatic carbocycles. The zero-order valence-corrected chi connectivity index (χ0v) is 8.59. The number of halogens is 1. The minimum absolute atomic E-state index is 0.372. The second kappa shape index (κ2) is 3.34. The highest BCUT2D eigenvalue weighted by Gasteiger charge is 2.07. The Morgan fingerprint density at radius 1 is 1.55 bits per heavy atom. The van der Waals surface area contributed by atoms with E-state index in [1.54, 1.807) is 0 Å². The standard InChI is InChI=1S/C7H12BrN3/c1-4-6-9-7(8)11(10-6)5(2)3/h5H,4H2,1-3H3. The molecular weight excluding hydrogens is 206 g/mol. The third kappa shape index (κ3) is 1.80. The summed E-state index contributed by atoms with van der Waals surface area (Å²) in [6.45, 7) is 6.21. The Kier molecular flexibility index (Phi) is 2.65. The van der Waals surface area contributed by atoms with Gasteiger partial charge in [-0.1, -0.05) is 6.92 Å². The van der Waals surface area contributed by atoms with Gasteiger partial charge in [-0.05, 0) is 29.8 Å². The summed E-state index contributed by atoms with van der Waals surface area (Å²) in [5.41, 5.74) is 0. The Morgan fingerprint density at radius 2 is 2.18 bits per heavy atom. The summed E-state index contributed by atoms with van der Waals surface area (Å²) in [5.74, 6) is 0.894. The van der Waals surface area contributed by atoms with Gasteiger partial charge in [0.2, 0.25) is 0 Å². The van der Waals surface area contributed by atoms with E-state index in [1.807, 2.05) is 11.6 Å². The van der Waals surface area contributed by atoms with E-state index >= 15 is 0 Å². The largest absolute Gasteiger partial charge is 0.238 e. The van der Waals surface area contributed by atoms with Gasteiger partial charge in [-0.25, -0.2) is 9.67 Å². The Morgan fingerprint density at radius 3 is 2.45 bits per heavy atom. The van der Waals surface area contributed by atoms with Gasteiger partial charge in [0, 0.05) is 12.5 Å². The maximum Gasteiger partial charge on any atom is 0.195 e. The van der Waals surface area contributed by atoms with Crippen molar-refractivity contribution >= 4 is 15.9 Å². The molecule has 0 unspecified atom stereocenters. The average molecular weight is 218 g/mol. The van der Waals surface area contributed by atoms with Gasteiger partial charge in [0.15, 0.2) is 10.6 Å². The van der Waals surface area contributed by atoms with Gasteiger partial charge in [0.25, 0.3) is 0 Å². The molecule has 0 atom stereocenters. The Labute approximate surface area is 75.0 Å². The predicted molar refractivity (Wildman–Crippen MR) is 47.5 cm³/mol. The van der Waals surface area contributed by atoms with E-state index in [1.165, 1.54) is 0 Å². The highest BCUT2D eigenvalue weighted by molar-refractivity contribution is 9.10. The van der Waals surface area contributed by atoms with E-state index in [2.05, 4.69) is 39.9 Å². The lowest BCUT2D eigenvalue weighted by Crippen LogP contribution is -2.03. The molecule has 3 nitrogen and oxygen atoms in total. The minimum Gasteiger partial charge on any atom is -0.238 e. The van der Waals surface area contributed by atoms with Crippen molar-refractivity contribution < 1.29 is 0 Å². The van der Waals surface area contributed by atoms with Crippen LogP contribution in [-0.4, -0.2) is 14.8 Å². The zero-order valence-electron chi connectivity index (χ0n) is 7.00. The third-order valence-corrected chi connectivity index (χ3v) is 1.98. The zero-order chi connectivity index (χ0) is 8.43. The molecule has 1 aromatic rings. The molecule has 0 saturated carbocycles. The smallest absolute Gasteiger partial charge is 0.195 e. The van der Waals surface area contributed by atoms with Crippen LogP contribution in [0.1, 0.15) is 32.6 Å². The molecule has 0 aliphatic carbocycles. The summed E-state index contributed by atoms with van der Waals surface area (Å²) < 4.78 is 2.70. The van der Waals surface area contributed by atoms with E-state index in [-0.39, 0.29) is 0 Å². The lowest BCUT2D eigenvalue weighted by atomic mass is 10.4. The molecule has 0 aliphatic rings. The van der Waals surface area contributed by atoms with Crippen molar-refractivity contribution in [1.29, 1.82) is 0 Å². The third-order valence-electron chi connectivity index (χ3n) is 1.44. The van der Waals surface area contributed by atoms with Crippen LogP contribution in [0.25, 0.3) is 0 Å². The fraction of sp³-hybridized carbons (Fsp3) is 0.714. The Bertz CT molecular complexity index is 242. The highest BCUT2D eigenvalue weighted by atomic mass is 79.9. The van der Waals surface area contributed by atoms with Gasteiger partial charge in [0.05, 0.1) is 0 Å². The van der Waals surface area contributed by atoms with E-state index in [4.69, 9.17) is 0 Å². The summed E-state index contributed by atoms with van der Waals surface area (Å²) in [6.07, 6.45) is 0.887. The van der Waals surface area contributed by atoms with Crippen LogP contribution in [0.3, 0.4) is 0 Å². The predicted octanol–water partition coefficient (Wildman–Crippen LogP) is 2.18. The van der Waals surface area contributed by atoms with Crippen molar-refractivity contribution in [3.05, 3.63) is 10.6 Å². The van der Waals surface area contributed by atoms with Crippen molar-refractivity contribution in [2.45, 2.75) is 33.2 Å². The van der Waals surface area contributed by atoms with Crippen molar-refractivity contribution in [3.8, 4) is 0 Å². The molecule has 0 radical (unpaired) electrons. The van der Waals surface area contributed by atoms with Crippen molar-refractivity contribution in [3.63, 3.8) is 0 Å². The van der Waals surface area contributed by atoms with E-state index in [0.717, 1.165) is 17.0 Å². The van der Waals surface area contributed by atoms with Crippen LogP contribution in [0, 0.1) is 0 Å². The van der Waals surface area contributed by atoms with Gasteiger partial charge in [-0.15, -0.1) is 0 Å². The molecule has 1 heterocycles. The van der Waals surface area contributed by atoms with Crippen LogP contribution in [-0.2, 0) is 6.42 Å². The Hall–Kier alpha value is -0.380. The maximum absolute atomic E-state index is 4.29. The molecular formula is C7H12BrN3. The first kappa shape index (κ1) is 8.71. The van der Waals surface area contributed by atoms with E-state index in [0.29, 0.717) is 6.04 Å². The molecule has 62 valence electrons. The number of aryl methyl sites for hydroxylation is 1. The number of rotatable bonds is 2. The number of nitrogens with zero attached hydrogens (tertiary/aromatic N) is 3. The monoisotopic (exact) mass is 217 g/mol. The SMILES string of the molecule is CCc1nc(Br)n(C(C)C)n1. The first-order chi connectivity index (χ1) is 5.15. The second-order valence-corrected chi connectivity index (χ2v) is 3.40. The number of hydrogen-bond donors (Lipinski definition) is 0. The van der Waals surface area contributed by atoms with Crippen molar-refractivity contribution in [1.82, 2.24) is 14.8 Å². The fourth-order valence-electron chi connectivity index (χ4n) is 0.824. The summed E-state index contributed by atoms with van der Waals surface area (Å²) in [7, 11) is 0. The molecule has 0 aliphatic heterocycles. The molecule has 1 aromatic heterocycles. The van der Waals surface area contributed by atoms with Gasteiger partial charge in [-0.2, -0.15) is 5.10 Å². The summed E-state index contributed by atoms with van der Waals surface area (Å²) >= 11 is 3.35. The average Bonchev–Trinajstić information content (AvgIpc) is 2.30. The van der Waals surface area contributed by atoms with Crippen LogP contribution >= 0.6 is 15.9 Å². The first-order valence-electron chi connectivity index (χ1n) is 3.76. The summed E-state index contributed by atoms with van der Waals surface area (Å²) in [6, 6.07) is 0.372. The molecule has 1 rings (SSSR count). The van der Waals surface area contributed by atoms with Gasteiger partial charge in [0.1, 0.15) is 0 Å². The van der Waals surface area contributed by atoms with Crippen LogP contribution in [0.4, 0.5) is 0 Å². The molecule has 0 bridgehead atoms. The molecule has 0 fully saturated rings. The molecule has 4 heteroatoms. The van der Waals surface area contributed by atoms with Crippen LogP contribution < -0.4 is 0 Å². The summed E-state index contributed by atoms with van der Waals surface area (Å²) in [5, 5.41) is 4.29. The lowest BCUT2D eigenvalue weighted by Gasteiger charge is -2.03. The Balaban J connectivity index is 2.97. The van der Waals surface area contributed by atoms with Crippen molar-refractivity contribution in [2.24, 2.45) is 0 Å². The number of hydrogen-bond acceptors (Lipinski definition) is 2. The maximum atomic E-state index is 4.29. The quantitative estimate of drug-likeness (QED) is 0.761. The van der Waals surface area contributed by atoms with E-state index in [9.17, 15) is 0 Å². The van der Waals surface area contributed by atoms with Gasteiger partial charge >= 0.3 is 0 Å². The molecule has 0 amide bonds. The lowest BCUT2D eigenvalue weighted by molar-refractivity contribution is 0.515. The molecule has 0 N–H and O–H groups in total. The van der Waals surface area contributed by atoms with Gasteiger partial charge < -0.3 is 0 Å². The topological polar surface area (TPSA) is 30.7 Å². The van der Waals surface area contributed by atoms with Crippen LogP contribution in [0.2, 0.25) is 0 Å². The van der Waals surface area contributed by atoms with Crippen molar-refractivity contribution in [2.75, 3.05) is 0 Å². The number of aromatic nitrogens is 3. The van der Waals surface area contributed by atoms with E-state index < -0.39 is 0 Å². The molecule has 0 saturated heterocycles. The summed E-state index contributed by atoms with van der Waals surface area (Å²) in [4.78, 5) is 4.22. The van der Waals surface area contributed by atoms with Gasteiger partial charge in [-0.3, -0.25) is 0 Å². The molecule has 0 spiro atoms. The fourth-order valence-corrected chi connectivity index (χ4v) is 1.52. The highest BCUT2D eigenvalue weighted by Crippen LogP contribution is 2.12.